The van der Waals surface area contributed by atoms with E-state index in [-0.39, 0.29) is 6.04 Å². The normalized spacial score (nSPS) is 12.5. The van der Waals surface area contributed by atoms with Crippen LogP contribution < -0.4 is 10.6 Å². The molecule has 0 aliphatic heterocycles. The van der Waals surface area contributed by atoms with E-state index in [2.05, 4.69) is 45.3 Å². The minimum Gasteiger partial charge on any atom is -0.407 e. The Hall–Kier alpha value is -1.40. The second kappa shape index (κ2) is 7.25. The Bertz CT molecular complexity index is 469. The van der Waals surface area contributed by atoms with Gasteiger partial charge in [0.25, 0.3) is 0 Å². The maximum absolute atomic E-state index is 5.57. The van der Waals surface area contributed by atoms with Crippen molar-refractivity contribution >= 4 is 17.4 Å². The molecule has 0 aliphatic carbocycles. The van der Waals surface area contributed by atoms with Gasteiger partial charge in [-0.25, -0.2) is 0 Å². The van der Waals surface area contributed by atoms with Gasteiger partial charge in [0, 0.05) is 4.88 Å². The summed E-state index contributed by atoms with van der Waals surface area (Å²) in [6, 6.07) is 4.94. The van der Waals surface area contributed by atoms with E-state index in [4.69, 9.17) is 4.42 Å². The molecule has 0 aliphatic rings. The minimum atomic E-state index is 0.248. The maximum Gasteiger partial charge on any atom is 0.316 e. The van der Waals surface area contributed by atoms with Crippen LogP contribution in [-0.2, 0) is 6.54 Å². The average molecular weight is 280 g/mol. The van der Waals surface area contributed by atoms with Crippen LogP contribution in [0.15, 0.2) is 21.9 Å². The Morgan fingerprint density at radius 3 is 2.95 bits per heavy atom. The topological polar surface area (TPSA) is 63.0 Å². The van der Waals surface area contributed by atoms with E-state index < -0.39 is 0 Å². The van der Waals surface area contributed by atoms with Crippen molar-refractivity contribution in [1.82, 2.24) is 15.5 Å². The number of hydrogen-bond donors (Lipinski definition) is 2. The fourth-order valence-electron chi connectivity index (χ4n) is 1.83. The van der Waals surface area contributed by atoms with Gasteiger partial charge in [-0.3, -0.25) is 0 Å². The van der Waals surface area contributed by atoms with Crippen LogP contribution in [-0.4, -0.2) is 16.7 Å². The van der Waals surface area contributed by atoms with E-state index in [1.165, 1.54) is 4.88 Å². The van der Waals surface area contributed by atoms with Crippen molar-refractivity contribution in [3.63, 3.8) is 0 Å². The summed E-state index contributed by atoms with van der Waals surface area (Å²) in [5, 5.41) is 16.6. The molecule has 0 saturated heterocycles. The lowest BCUT2D eigenvalue weighted by Crippen LogP contribution is -2.11. The van der Waals surface area contributed by atoms with Gasteiger partial charge >= 0.3 is 6.01 Å². The molecule has 2 N–H and O–H groups in total. The molecule has 5 nitrogen and oxygen atoms in total. The quantitative estimate of drug-likeness (QED) is 0.777. The molecular formula is C13H20N4OS. The summed E-state index contributed by atoms with van der Waals surface area (Å²) in [4.78, 5) is 1.30. The summed E-state index contributed by atoms with van der Waals surface area (Å²) in [5.74, 6) is 0.616. The highest BCUT2D eigenvalue weighted by Crippen LogP contribution is 2.26. The Morgan fingerprint density at radius 2 is 2.26 bits per heavy atom. The number of aromatic nitrogens is 2. The molecule has 2 rings (SSSR count). The standard InChI is InChI=1S/C13H20N4OS/c1-3-6-10(11-7-5-8-19-11)15-13-17-16-12(18-13)9-14-4-2/h5,7-8,10,14H,3-4,6,9H2,1-2H3,(H,15,17). The molecule has 2 heterocycles. The van der Waals surface area contributed by atoms with Gasteiger partial charge in [0.2, 0.25) is 5.89 Å². The number of anilines is 1. The van der Waals surface area contributed by atoms with Crippen molar-refractivity contribution in [2.24, 2.45) is 0 Å². The zero-order valence-electron chi connectivity index (χ0n) is 11.3. The molecule has 0 bridgehead atoms. The number of nitrogens with one attached hydrogen (secondary N) is 2. The van der Waals surface area contributed by atoms with Crippen LogP contribution in [0.4, 0.5) is 6.01 Å². The van der Waals surface area contributed by atoms with Crippen molar-refractivity contribution < 1.29 is 4.42 Å². The van der Waals surface area contributed by atoms with E-state index in [1.54, 1.807) is 11.3 Å². The van der Waals surface area contributed by atoms with E-state index >= 15 is 0 Å². The molecule has 0 saturated carbocycles. The first kappa shape index (κ1) is 14.0. The number of rotatable bonds is 8. The molecule has 0 radical (unpaired) electrons. The van der Waals surface area contributed by atoms with E-state index in [0.717, 1.165) is 19.4 Å². The predicted molar refractivity (Wildman–Crippen MR) is 77.3 cm³/mol. The molecule has 104 valence electrons. The smallest absolute Gasteiger partial charge is 0.316 e. The molecule has 2 aromatic rings. The highest BCUT2D eigenvalue weighted by molar-refractivity contribution is 7.10. The number of thiophene rings is 1. The lowest BCUT2D eigenvalue weighted by molar-refractivity contribution is 0.475. The molecule has 0 fully saturated rings. The van der Waals surface area contributed by atoms with Gasteiger partial charge in [0.1, 0.15) is 0 Å². The van der Waals surface area contributed by atoms with Crippen LogP contribution in [0.3, 0.4) is 0 Å². The van der Waals surface area contributed by atoms with Crippen LogP contribution in [0.1, 0.15) is 43.5 Å². The molecule has 1 atom stereocenters. The minimum absolute atomic E-state index is 0.248. The third kappa shape index (κ3) is 4.04. The zero-order valence-corrected chi connectivity index (χ0v) is 12.2. The molecule has 0 aromatic carbocycles. The average Bonchev–Trinajstić information content (AvgIpc) is 3.07. The first-order chi connectivity index (χ1) is 9.33. The monoisotopic (exact) mass is 280 g/mol. The third-order valence-electron chi connectivity index (χ3n) is 2.75. The van der Waals surface area contributed by atoms with Crippen LogP contribution in [0.2, 0.25) is 0 Å². The highest BCUT2D eigenvalue weighted by Gasteiger charge is 2.15. The van der Waals surface area contributed by atoms with Gasteiger partial charge in [0.05, 0.1) is 12.6 Å². The van der Waals surface area contributed by atoms with E-state index in [1.807, 2.05) is 6.92 Å². The van der Waals surface area contributed by atoms with Crippen molar-refractivity contribution in [2.75, 3.05) is 11.9 Å². The van der Waals surface area contributed by atoms with Gasteiger partial charge in [0.15, 0.2) is 0 Å². The zero-order chi connectivity index (χ0) is 13.5. The number of nitrogens with zero attached hydrogens (tertiary/aromatic N) is 2. The van der Waals surface area contributed by atoms with Gasteiger partial charge in [-0.1, -0.05) is 31.4 Å². The third-order valence-corrected chi connectivity index (χ3v) is 3.74. The second-order valence-corrected chi connectivity index (χ2v) is 5.26. The van der Waals surface area contributed by atoms with E-state index in [9.17, 15) is 0 Å². The fourth-order valence-corrected chi connectivity index (χ4v) is 2.64. The lowest BCUT2D eigenvalue weighted by atomic mass is 10.1. The summed E-state index contributed by atoms with van der Waals surface area (Å²) in [7, 11) is 0. The van der Waals surface area contributed by atoms with Gasteiger partial charge in [-0.05, 0) is 24.4 Å². The fraction of sp³-hybridized carbons (Fsp3) is 0.538. The molecule has 1 unspecified atom stereocenters. The summed E-state index contributed by atoms with van der Waals surface area (Å²) in [6.45, 7) is 5.72. The van der Waals surface area contributed by atoms with Crippen molar-refractivity contribution in [3.8, 4) is 0 Å². The van der Waals surface area contributed by atoms with Gasteiger partial charge in [-0.2, -0.15) is 0 Å². The first-order valence-corrected chi connectivity index (χ1v) is 7.54. The molecule has 0 amide bonds. The lowest BCUT2D eigenvalue weighted by Gasteiger charge is -2.14. The summed E-state index contributed by atoms with van der Waals surface area (Å²) in [6.07, 6.45) is 2.15. The highest BCUT2D eigenvalue weighted by atomic mass is 32.1. The van der Waals surface area contributed by atoms with Crippen molar-refractivity contribution in [1.29, 1.82) is 0 Å². The molecule has 2 aromatic heterocycles. The van der Waals surface area contributed by atoms with Crippen molar-refractivity contribution in [2.45, 2.75) is 39.3 Å². The van der Waals surface area contributed by atoms with Crippen LogP contribution in [0.25, 0.3) is 0 Å². The van der Waals surface area contributed by atoms with E-state index in [0.29, 0.717) is 18.5 Å². The van der Waals surface area contributed by atoms with Gasteiger partial charge < -0.3 is 15.1 Å². The Labute approximate surface area is 117 Å². The molecule has 0 spiro atoms. The van der Waals surface area contributed by atoms with Crippen LogP contribution >= 0.6 is 11.3 Å². The Kier molecular flexibility index (Phi) is 5.35. The number of hydrogen-bond acceptors (Lipinski definition) is 6. The van der Waals surface area contributed by atoms with Gasteiger partial charge in [-0.15, -0.1) is 16.4 Å². The van der Waals surface area contributed by atoms with Crippen molar-refractivity contribution in [3.05, 3.63) is 28.3 Å². The summed E-state index contributed by atoms with van der Waals surface area (Å²) < 4.78 is 5.57. The predicted octanol–water partition coefficient (Wildman–Crippen LogP) is 3.19. The largest absolute Gasteiger partial charge is 0.407 e. The second-order valence-electron chi connectivity index (χ2n) is 4.28. The molecular weight excluding hydrogens is 260 g/mol. The molecule has 19 heavy (non-hydrogen) atoms. The van der Waals surface area contributed by atoms with Crippen LogP contribution in [0.5, 0.6) is 0 Å². The molecule has 6 heteroatoms. The summed E-state index contributed by atoms with van der Waals surface area (Å²) in [5.41, 5.74) is 0. The first-order valence-electron chi connectivity index (χ1n) is 6.66. The Morgan fingerprint density at radius 1 is 1.37 bits per heavy atom. The van der Waals surface area contributed by atoms with Crippen LogP contribution in [0, 0.1) is 0 Å². The summed E-state index contributed by atoms with van der Waals surface area (Å²) >= 11 is 1.75. The SMILES string of the molecule is CCCC(Nc1nnc(CNCC)o1)c1cccs1. The maximum atomic E-state index is 5.57. The Balaban J connectivity index is 1.99.